The molecule has 0 spiro atoms. The zero-order chi connectivity index (χ0) is 12.3. The molecule has 1 fully saturated rings. The molecule has 3 nitrogen and oxygen atoms in total. The maximum atomic E-state index is 9.93. The Morgan fingerprint density at radius 1 is 1.24 bits per heavy atom. The van der Waals surface area contributed by atoms with Crippen molar-refractivity contribution in [2.75, 3.05) is 37.6 Å². The first kappa shape index (κ1) is 12.5. The van der Waals surface area contributed by atoms with Crippen LogP contribution in [0.3, 0.4) is 0 Å². The fourth-order valence-corrected chi connectivity index (χ4v) is 2.46. The Morgan fingerprint density at radius 3 is 2.59 bits per heavy atom. The van der Waals surface area contributed by atoms with Gasteiger partial charge in [0.05, 0.1) is 10.7 Å². The quantitative estimate of drug-likeness (QED) is 0.898. The van der Waals surface area contributed by atoms with E-state index in [1.807, 2.05) is 12.1 Å². The minimum Gasteiger partial charge on any atom is -0.504 e. The molecule has 0 bridgehead atoms. The lowest BCUT2D eigenvalue weighted by molar-refractivity contribution is 0.258. The van der Waals surface area contributed by atoms with Gasteiger partial charge in [-0.3, -0.25) is 4.90 Å². The molecule has 0 aliphatic carbocycles. The summed E-state index contributed by atoms with van der Waals surface area (Å²) in [5.41, 5.74) is 0.855. The van der Waals surface area contributed by atoms with Crippen LogP contribution in [-0.4, -0.2) is 42.7 Å². The second-order valence-corrected chi connectivity index (χ2v) is 4.84. The molecule has 1 heterocycles. The largest absolute Gasteiger partial charge is 0.504 e. The molecule has 17 heavy (non-hydrogen) atoms. The number of hydrogen-bond donors (Lipinski definition) is 1. The molecule has 0 amide bonds. The summed E-state index contributed by atoms with van der Waals surface area (Å²) in [7, 11) is 0. The van der Waals surface area contributed by atoms with Gasteiger partial charge in [-0.2, -0.15) is 0 Å². The van der Waals surface area contributed by atoms with E-state index in [-0.39, 0.29) is 5.75 Å². The number of para-hydroxylation sites is 1. The second kappa shape index (κ2) is 5.61. The van der Waals surface area contributed by atoms with E-state index < -0.39 is 0 Å². The molecule has 0 saturated carbocycles. The van der Waals surface area contributed by atoms with E-state index in [0.717, 1.165) is 38.4 Å². The SMILES string of the molecule is CCCN1CCN(c2cccc(Cl)c2O)CC1. The van der Waals surface area contributed by atoms with Crippen LogP contribution < -0.4 is 4.90 Å². The summed E-state index contributed by atoms with van der Waals surface area (Å²) in [5.74, 6) is 0.207. The lowest BCUT2D eigenvalue weighted by atomic mass is 10.2. The summed E-state index contributed by atoms with van der Waals surface area (Å²) in [6.45, 7) is 7.38. The molecule has 1 aliphatic rings. The number of benzene rings is 1. The molecular weight excluding hydrogens is 236 g/mol. The predicted octanol–water partition coefficient (Wildman–Crippen LogP) is 2.58. The van der Waals surface area contributed by atoms with Gasteiger partial charge in [0, 0.05) is 26.2 Å². The number of phenols is 1. The lowest BCUT2D eigenvalue weighted by Gasteiger charge is -2.36. The zero-order valence-corrected chi connectivity index (χ0v) is 11.0. The Kier molecular flexibility index (Phi) is 4.13. The first-order valence-corrected chi connectivity index (χ1v) is 6.55. The van der Waals surface area contributed by atoms with Crippen LogP contribution in [0.2, 0.25) is 5.02 Å². The van der Waals surface area contributed by atoms with Gasteiger partial charge in [-0.1, -0.05) is 24.6 Å². The van der Waals surface area contributed by atoms with Crippen LogP contribution in [0, 0.1) is 0 Å². The Balaban J connectivity index is 2.03. The molecule has 1 aromatic rings. The Morgan fingerprint density at radius 2 is 1.94 bits per heavy atom. The molecule has 0 aromatic heterocycles. The molecule has 0 unspecified atom stereocenters. The van der Waals surface area contributed by atoms with E-state index >= 15 is 0 Å². The van der Waals surface area contributed by atoms with Crippen molar-refractivity contribution in [2.24, 2.45) is 0 Å². The van der Waals surface area contributed by atoms with Gasteiger partial charge in [0.2, 0.25) is 0 Å². The third kappa shape index (κ3) is 2.85. The fourth-order valence-electron chi connectivity index (χ4n) is 2.29. The lowest BCUT2D eigenvalue weighted by Crippen LogP contribution is -2.46. The monoisotopic (exact) mass is 254 g/mol. The predicted molar refractivity (Wildman–Crippen MR) is 72.1 cm³/mol. The summed E-state index contributed by atoms with van der Waals surface area (Å²) in [4.78, 5) is 4.66. The maximum absolute atomic E-state index is 9.93. The number of aromatic hydroxyl groups is 1. The number of rotatable bonds is 3. The van der Waals surface area contributed by atoms with Crippen LogP contribution >= 0.6 is 11.6 Å². The minimum atomic E-state index is 0.207. The van der Waals surface area contributed by atoms with Gasteiger partial charge in [0.1, 0.15) is 0 Å². The number of hydrogen-bond acceptors (Lipinski definition) is 3. The summed E-state index contributed by atoms with van der Waals surface area (Å²) >= 11 is 5.92. The first-order valence-electron chi connectivity index (χ1n) is 6.17. The van der Waals surface area contributed by atoms with Crippen LogP contribution in [0.4, 0.5) is 5.69 Å². The highest BCUT2D eigenvalue weighted by molar-refractivity contribution is 6.32. The highest BCUT2D eigenvalue weighted by Crippen LogP contribution is 2.34. The van der Waals surface area contributed by atoms with E-state index in [2.05, 4.69) is 16.7 Å². The van der Waals surface area contributed by atoms with Crippen molar-refractivity contribution in [1.82, 2.24) is 4.90 Å². The van der Waals surface area contributed by atoms with Gasteiger partial charge < -0.3 is 10.0 Å². The number of halogens is 1. The summed E-state index contributed by atoms with van der Waals surface area (Å²) in [6, 6.07) is 5.53. The molecule has 94 valence electrons. The van der Waals surface area contributed by atoms with E-state index in [4.69, 9.17) is 11.6 Å². The van der Waals surface area contributed by atoms with Gasteiger partial charge in [0.15, 0.2) is 5.75 Å². The van der Waals surface area contributed by atoms with Crippen LogP contribution in [-0.2, 0) is 0 Å². The summed E-state index contributed by atoms with van der Waals surface area (Å²) in [6.07, 6.45) is 1.20. The highest BCUT2D eigenvalue weighted by Gasteiger charge is 2.19. The van der Waals surface area contributed by atoms with Gasteiger partial charge in [0.25, 0.3) is 0 Å². The average molecular weight is 255 g/mol. The standard InChI is InChI=1S/C13H19ClN2O/c1-2-6-15-7-9-16(10-8-15)12-5-3-4-11(14)13(12)17/h3-5,17H,2,6-10H2,1H3. The molecule has 1 aliphatic heterocycles. The van der Waals surface area contributed by atoms with Gasteiger partial charge in [-0.15, -0.1) is 0 Å². The number of piperazine rings is 1. The first-order chi connectivity index (χ1) is 8.22. The van der Waals surface area contributed by atoms with E-state index in [0.29, 0.717) is 5.02 Å². The number of nitrogens with zero attached hydrogens (tertiary/aromatic N) is 2. The number of phenolic OH excluding ortho intramolecular Hbond substituents is 1. The third-order valence-corrected chi connectivity index (χ3v) is 3.52. The smallest absolute Gasteiger partial charge is 0.157 e. The number of anilines is 1. The fraction of sp³-hybridized carbons (Fsp3) is 0.538. The second-order valence-electron chi connectivity index (χ2n) is 4.44. The highest BCUT2D eigenvalue weighted by atomic mass is 35.5. The average Bonchev–Trinajstić information content (AvgIpc) is 2.34. The van der Waals surface area contributed by atoms with Crippen molar-refractivity contribution in [3.63, 3.8) is 0 Å². The Labute approximate surface area is 108 Å². The minimum absolute atomic E-state index is 0.207. The van der Waals surface area contributed by atoms with Gasteiger partial charge in [-0.05, 0) is 25.1 Å². The van der Waals surface area contributed by atoms with Crippen LogP contribution in [0.15, 0.2) is 18.2 Å². The van der Waals surface area contributed by atoms with E-state index in [1.165, 1.54) is 6.42 Å². The zero-order valence-electron chi connectivity index (χ0n) is 10.2. The van der Waals surface area contributed by atoms with Crippen molar-refractivity contribution >= 4 is 17.3 Å². The normalized spacial score (nSPS) is 17.4. The molecule has 0 atom stereocenters. The molecule has 1 saturated heterocycles. The van der Waals surface area contributed by atoms with Crippen molar-refractivity contribution in [1.29, 1.82) is 0 Å². The summed E-state index contributed by atoms with van der Waals surface area (Å²) in [5, 5.41) is 10.4. The molecule has 1 aromatic carbocycles. The van der Waals surface area contributed by atoms with Crippen LogP contribution in [0.25, 0.3) is 0 Å². The van der Waals surface area contributed by atoms with Crippen LogP contribution in [0.5, 0.6) is 5.75 Å². The molecule has 2 rings (SSSR count). The molecule has 0 radical (unpaired) electrons. The van der Waals surface area contributed by atoms with E-state index in [1.54, 1.807) is 6.07 Å². The molecule has 1 N–H and O–H groups in total. The molecule has 4 heteroatoms. The third-order valence-electron chi connectivity index (χ3n) is 3.22. The maximum Gasteiger partial charge on any atom is 0.157 e. The van der Waals surface area contributed by atoms with Gasteiger partial charge in [-0.25, -0.2) is 0 Å². The van der Waals surface area contributed by atoms with Crippen LogP contribution in [0.1, 0.15) is 13.3 Å². The summed E-state index contributed by atoms with van der Waals surface area (Å²) < 4.78 is 0. The van der Waals surface area contributed by atoms with Gasteiger partial charge >= 0.3 is 0 Å². The van der Waals surface area contributed by atoms with Crippen molar-refractivity contribution in [3.8, 4) is 5.75 Å². The Bertz CT molecular complexity index is 376. The molecular formula is C13H19ClN2O. The van der Waals surface area contributed by atoms with Crippen molar-refractivity contribution in [3.05, 3.63) is 23.2 Å². The van der Waals surface area contributed by atoms with Crippen molar-refractivity contribution in [2.45, 2.75) is 13.3 Å². The van der Waals surface area contributed by atoms with Crippen molar-refractivity contribution < 1.29 is 5.11 Å². The topological polar surface area (TPSA) is 26.7 Å². The van der Waals surface area contributed by atoms with E-state index in [9.17, 15) is 5.11 Å². The Hall–Kier alpha value is -0.930.